The molecule has 0 saturated carbocycles. The third kappa shape index (κ3) is 1.83. The molecule has 0 radical (unpaired) electrons. The predicted octanol–water partition coefficient (Wildman–Crippen LogP) is 2.54. The normalized spacial score (nSPS) is 10.4. The van der Waals surface area contributed by atoms with Crippen LogP contribution in [-0.4, -0.2) is 21.2 Å². The van der Waals surface area contributed by atoms with Crippen molar-refractivity contribution in [2.24, 2.45) is 0 Å². The van der Waals surface area contributed by atoms with Crippen LogP contribution in [0.1, 0.15) is 0 Å². The smallest absolute Gasteiger partial charge is 0.410 e. The van der Waals surface area contributed by atoms with Crippen molar-refractivity contribution in [3.63, 3.8) is 0 Å². The number of rotatable bonds is 1. The number of fused-ring (bicyclic) bond motifs is 1. The number of carbonyl (C=O) groups is 1. The summed E-state index contributed by atoms with van der Waals surface area (Å²) >= 11 is 4.52. The molecule has 7 heteroatoms. The molecule has 0 spiro atoms. The van der Waals surface area contributed by atoms with Gasteiger partial charge in [-0.25, -0.2) is 9.78 Å². The Hall–Kier alpha value is -1.21. The Bertz CT molecular complexity index is 499. The van der Waals surface area contributed by atoms with E-state index in [1.54, 1.807) is 6.20 Å². The summed E-state index contributed by atoms with van der Waals surface area (Å²) in [5, 5.41) is 11.0. The molecule has 0 bridgehead atoms. The highest BCUT2D eigenvalue weighted by molar-refractivity contribution is 9.10. The van der Waals surface area contributed by atoms with Crippen LogP contribution in [0.5, 0.6) is 0 Å². The molecule has 2 heterocycles. The quantitative estimate of drug-likeness (QED) is 0.837. The number of carboxylic acid groups (broad SMARTS) is 1. The van der Waals surface area contributed by atoms with Crippen LogP contribution in [0.3, 0.4) is 0 Å². The lowest BCUT2D eigenvalue weighted by molar-refractivity contribution is 0.210. The van der Waals surface area contributed by atoms with Crippen LogP contribution < -0.4 is 5.32 Å². The number of nitrogens with one attached hydrogen (secondary N) is 1. The number of nitrogens with zero attached hydrogens (tertiary/aromatic N) is 2. The van der Waals surface area contributed by atoms with Gasteiger partial charge in [0, 0.05) is 10.7 Å². The zero-order valence-electron chi connectivity index (χ0n) is 6.69. The molecule has 2 N–H and O–H groups in total. The van der Waals surface area contributed by atoms with Crippen molar-refractivity contribution in [3.05, 3.63) is 16.7 Å². The van der Waals surface area contributed by atoms with Crippen LogP contribution in [0, 0.1) is 0 Å². The fraction of sp³-hybridized carbons (Fsp3) is 0. The average Bonchev–Trinajstić information content (AvgIpc) is 2.44. The lowest BCUT2D eigenvalue weighted by Gasteiger charge is -1.89. The van der Waals surface area contributed by atoms with Crippen LogP contribution in [0.25, 0.3) is 10.3 Å². The molecule has 14 heavy (non-hydrogen) atoms. The molecule has 1 amide bonds. The molecule has 0 fully saturated rings. The molecule has 5 nitrogen and oxygen atoms in total. The first kappa shape index (κ1) is 9.35. The zero-order chi connectivity index (χ0) is 10.1. The van der Waals surface area contributed by atoms with Gasteiger partial charge in [-0.05, 0) is 22.0 Å². The van der Waals surface area contributed by atoms with Crippen molar-refractivity contribution in [1.82, 2.24) is 9.97 Å². The van der Waals surface area contributed by atoms with Gasteiger partial charge in [0.1, 0.15) is 0 Å². The fourth-order valence-electron chi connectivity index (χ4n) is 0.941. The van der Waals surface area contributed by atoms with E-state index in [1.165, 1.54) is 11.3 Å². The summed E-state index contributed by atoms with van der Waals surface area (Å²) in [7, 11) is 0. The third-order valence-electron chi connectivity index (χ3n) is 1.43. The van der Waals surface area contributed by atoms with Gasteiger partial charge in [-0.2, -0.15) is 4.98 Å². The Morgan fingerprint density at radius 1 is 1.64 bits per heavy atom. The Balaban J connectivity index is 2.46. The van der Waals surface area contributed by atoms with Gasteiger partial charge in [-0.15, -0.1) is 0 Å². The molecule has 0 aromatic carbocycles. The molecule has 72 valence electrons. The van der Waals surface area contributed by atoms with Gasteiger partial charge in [0.05, 0.1) is 4.70 Å². The molecule has 0 aliphatic heterocycles. The standard InChI is InChI=1S/C7H4BrN3O2S/c8-3-1-4-5(9-2-3)10-6(14-4)11-7(12)13/h1-2H,(H,12,13)(H,9,10,11). The topological polar surface area (TPSA) is 75.1 Å². The molecule has 2 rings (SSSR count). The minimum absolute atomic E-state index is 0.332. The molecule has 0 aliphatic carbocycles. The van der Waals surface area contributed by atoms with E-state index in [1.807, 2.05) is 6.07 Å². The molecule has 0 aliphatic rings. The first-order valence-corrected chi connectivity index (χ1v) is 5.18. The first-order chi connectivity index (χ1) is 6.65. The number of aromatic nitrogens is 2. The second-order valence-corrected chi connectivity index (χ2v) is 4.37. The fourth-order valence-corrected chi connectivity index (χ4v) is 2.28. The van der Waals surface area contributed by atoms with Crippen LogP contribution >= 0.6 is 27.3 Å². The van der Waals surface area contributed by atoms with Gasteiger partial charge in [-0.3, -0.25) is 5.32 Å². The summed E-state index contributed by atoms with van der Waals surface area (Å²) < 4.78 is 1.68. The van der Waals surface area contributed by atoms with E-state index >= 15 is 0 Å². The van der Waals surface area contributed by atoms with E-state index in [0.29, 0.717) is 10.8 Å². The SMILES string of the molecule is O=C(O)Nc1nc2ncc(Br)cc2s1. The van der Waals surface area contributed by atoms with Crippen molar-refractivity contribution in [2.75, 3.05) is 5.32 Å². The number of hydrogen-bond acceptors (Lipinski definition) is 4. The summed E-state index contributed by atoms with van der Waals surface area (Å²) in [6.45, 7) is 0. The number of thiazole rings is 1. The van der Waals surface area contributed by atoms with Crippen LogP contribution in [0.2, 0.25) is 0 Å². The van der Waals surface area contributed by atoms with E-state index in [-0.39, 0.29) is 0 Å². The Labute approximate surface area is 90.9 Å². The number of anilines is 1. The summed E-state index contributed by atoms with van der Waals surface area (Å²) in [5.41, 5.74) is 0.543. The molecule has 2 aromatic rings. The highest BCUT2D eigenvalue weighted by Gasteiger charge is 2.06. The summed E-state index contributed by atoms with van der Waals surface area (Å²) in [6, 6.07) is 1.84. The van der Waals surface area contributed by atoms with Crippen molar-refractivity contribution < 1.29 is 9.90 Å². The van der Waals surface area contributed by atoms with Crippen LogP contribution in [0.4, 0.5) is 9.93 Å². The highest BCUT2D eigenvalue weighted by Crippen LogP contribution is 2.26. The van der Waals surface area contributed by atoms with Gasteiger partial charge < -0.3 is 5.11 Å². The van der Waals surface area contributed by atoms with Gasteiger partial charge in [-0.1, -0.05) is 11.3 Å². The van der Waals surface area contributed by atoms with Gasteiger partial charge in [0.25, 0.3) is 0 Å². The molecule has 2 aromatic heterocycles. The Morgan fingerprint density at radius 3 is 3.14 bits per heavy atom. The monoisotopic (exact) mass is 273 g/mol. The second kappa shape index (κ2) is 3.50. The number of pyridine rings is 1. The lowest BCUT2D eigenvalue weighted by atomic mass is 10.5. The van der Waals surface area contributed by atoms with Gasteiger partial charge in [0.15, 0.2) is 10.8 Å². The lowest BCUT2D eigenvalue weighted by Crippen LogP contribution is -2.06. The largest absolute Gasteiger partial charge is 0.465 e. The minimum atomic E-state index is -1.12. The average molecular weight is 274 g/mol. The summed E-state index contributed by atoms with van der Waals surface area (Å²) in [6.07, 6.45) is 0.496. The summed E-state index contributed by atoms with van der Waals surface area (Å²) in [4.78, 5) is 18.4. The van der Waals surface area contributed by atoms with Crippen molar-refractivity contribution >= 4 is 48.8 Å². The maximum absolute atomic E-state index is 10.3. The first-order valence-electron chi connectivity index (χ1n) is 3.57. The number of amides is 1. The Kier molecular flexibility index (Phi) is 2.34. The molecular weight excluding hydrogens is 270 g/mol. The molecular formula is C7H4BrN3O2S. The van der Waals surface area contributed by atoms with E-state index in [9.17, 15) is 4.79 Å². The van der Waals surface area contributed by atoms with E-state index in [0.717, 1.165) is 9.17 Å². The Morgan fingerprint density at radius 2 is 2.43 bits per heavy atom. The third-order valence-corrected chi connectivity index (χ3v) is 2.77. The minimum Gasteiger partial charge on any atom is -0.465 e. The second-order valence-electron chi connectivity index (χ2n) is 2.42. The van der Waals surface area contributed by atoms with Crippen molar-refractivity contribution in [2.45, 2.75) is 0 Å². The predicted molar refractivity (Wildman–Crippen MR) is 56.8 cm³/mol. The van der Waals surface area contributed by atoms with Gasteiger partial charge >= 0.3 is 6.09 Å². The molecule has 0 atom stereocenters. The maximum Gasteiger partial charge on any atom is 0.410 e. The zero-order valence-corrected chi connectivity index (χ0v) is 9.09. The number of hydrogen-bond donors (Lipinski definition) is 2. The van der Waals surface area contributed by atoms with E-state index < -0.39 is 6.09 Å². The van der Waals surface area contributed by atoms with Crippen molar-refractivity contribution in [1.29, 1.82) is 0 Å². The molecule has 0 unspecified atom stereocenters. The van der Waals surface area contributed by atoms with E-state index in [2.05, 4.69) is 31.2 Å². The van der Waals surface area contributed by atoms with Crippen LogP contribution in [-0.2, 0) is 0 Å². The number of halogens is 1. The molecule has 0 saturated heterocycles. The summed E-state index contributed by atoms with van der Waals surface area (Å²) in [5.74, 6) is 0. The highest BCUT2D eigenvalue weighted by atomic mass is 79.9. The van der Waals surface area contributed by atoms with Crippen molar-refractivity contribution in [3.8, 4) is 0 Å². The van der Waals surface area contributed by atoms with Gasteiger partial charge in [0.2, 0.25) is 0 Å². The maximum atomic E-state index is 10.3. The van der Waals surface area contributed by atoms with Crippen LogP contribution in [0.15, 0.2) is 16.7 Å². The van der Waals surface area contributed by atoms with E-state index in [4.69, 9.17) is 5.11 Å².